The number of carbonyl (C=O) groups is 1. The van der Waals surface area contributed by atoms with Crippen LogP contribution in [0.2, 0.25) is 5.28 Å². The molecule has 1 aromatic heterocycles. The first kappa shape index (κ1) is 21.3. The van der Waals surface area contributed by atoms with E-state index >= 15 is 0 Å². The van der Waals surface area contributed by atoms with Crippen LogP contribution in [0.25, 0.3) is 11.3 Å². The smallest absolute Gasteiger partial charge is 0.223 e. The number of hydrogen-bond acceptors (Lipinski definition) is 3. The fourth-order valence-corrected chi connectivity index (χ4v) is 5.13. The Kier molecular flexibility index (Phi) is 6.15. The van der Waals surface area contributed by atoms with Crippen molar-refractivity contribution in [2.24, 2.45) is 11.3 Å². The molecular weight excluding hydrogens is 394 g/mol. The second-order valence-corrected chi connectivity index (χ2v) is 10.3. The molecule has 1 aromatic carbocycles. The minimum atomic E-state index is 0.268. The van der Waals surface area contributed by atoms with E-state index < -0.39 is 0 Å². The van der Waals surface area contributed by atoms with Gasteiger partial charge < -0.3 is 4.90 Å². The lowest BCUT2D eigenvalue weighted by atomic mass is 9.80. The predicted molar refractivity (Wildman–Crippen MR) is 122 cm³/mol. The van der Waals surface area contributed by atoms with E-state index in [0.29, 0.717) is 24.2 Å². The van der Waals surface area contributed by atoms with Gasteiger partial charge in [-0.15, -0.1) is 0 Å². The molecule has 1 fully saturated rings. The zero-order valence-electron chi connectivity index (χ0n) is 18.3. The van der Waals surface area contributed by atoms with Crippen LogP contribution >= 0.6 is 11.6 Å². The van der Waals surface area contributed by atoms with Gasteiger partial charge in [0, 0.05) is 31.3 Å². The van der Waals surface area contributed by atoms with Crippen LogP contribution in [0.4, 0.5) is 0 Å². The van der Waals surface area contributed by atoms with E-state index in [0.717, 1.165) is 43.6 Å². The summed E-state index contributed by atoms with van der Waals surface area (Å²) in [7, 11) is 0. The summed E-state index contributed by atoms with van der Waals surface area (Å²) >= 11 is 5.98. The summed E-state index contributed by atoms with van der Waals surface area (Å²) in [5.74, 6) is 1.24. The van der Waals surface area contributed by atoms with Crippen LogP contribution in [-0.4, -0.2) is 33.9 Å². The van der Waals surface area contributed by atoms with E-state index in [1.807, 2.05) is 6.07 Å². The molecule has 0 radical (unpaired) electrons. The number of carbonyl (C=O) groups excluding carboxylic acids is 1. The van der Waals surface area contributed by atoms with E-state index in [9.17, 15) is 4.79 Å². The number of likely N-dealkylation sites (tertiary alicyclic amines) is 1. The average Bonchev–Trinajstić information content (AvgIpc) is 3.13. The maximum absolute atomic E-state index is 13.1. The third kappa shape index (κ3) is 4.69. The van der Waals surface area contributed by atoms with E-state index in [-0.39, 0.29) is 10.7 Å². The predicted octanol–water partition coefficient (Wildman–Crippen LogP) is 5.89. The second-order valence-electron chi connectivity index (χ2n) is 9.96. The SMILES string of the molecule is CC(C)(C)C1CCN(C(=O)CC2CCCCc3cc(-c4ccnc(Cl)n4)ccc32)C1. The molecule has 0 saturated carbocycles. The van der Waals surface area contributed by atoms with Crippen LogP contribution in [-0.2, 0) is 11.2 Å². The van der Waals surface area contributed by atoms with Gasteiger partial charge in [-0.05, 0) is 77.8 Å². The van der Waals surface area contributed by atoms with Gasteiger partial charge in [0.15, 0.2) is 0 Å². The van der Waals surface area contributed by atoms with Gasteiger partial charge in [0.25, 0.3) is 0 Å². The quantitative estimate of drug-likeness (QED) is 0.454. The number of halogens is 1. The van der Waals surface area contributed by atoms with Crippen LogP contribution in [0.15, 0.2) is 30.5 Å². The van der Waals surface area contributed by atoms with E-state index in [4.69, 9.17) is 11.6 Å². The van der Waals surface area contributed by atoms with Crippen LogP contribution < -0.4 is 0 Å². The lowest BCUT2D eigenvalue weighted by molar-refractivity contribution is -0.130. The molecule has 1 aliphatic carbocycles. The summed E-state index contributed by atoms with van der Waals surface area (Å²) in [6, 6.07) is 8.46. The van der Waals surface area contributed by atoms with E-state index in [1.54, 1.807) is 6.20 Å². The Morgan fingerprint density at radius 3 is 2.77 bits per heavy atom. The lowest BCUT2D eigenvalue weighted by Crippen LogP contribution is -2.32. The first-order valence-electron chi connectivity index (χ1n) is 11.2. The highest BCUT2D eigenvalue weighted by molar-refractivity contribution is 6.28. The molecule has 4 nitrogen and oxygen atoms in total. The molecule has 0 spiro atoms. The van der Waals surface area contributed by atoms with Crippen molar-refractivity contribution < 1.29 is 4.79 Å². The molecule has 0 N–H and O–H groups in total. The summed E-state index contributed by atoms with van der Waals surface area (Å²) in [5, 5.41) is 0.269. The fourth-order valence-electron chi connectivity index (χ4n) is 4.98. The fraction of sp³-hybridized carbons (Fsp3) is 0.560. The Hall–Kier alpha value is -1.94. The first-order chi connectivity index (χ1) is 14.3. The molecular formula is C25H32ClN3O. The zero-order valence-corrected chi connectivity index (χ0v) is 19.1. The van der Waals surface area contributed by atoms with Gasteiger partial charge in [0.1, 0.15) is 0 Å². The second kappa shape index (κ2) is 8.66. The number of rotatable bonds is 3. The molecule has 1 aliphatic heterocycles. The summed E-state index contributed by atoms with van der Waals surface area (Å²) in [4.78, 5) is 23.6. The van der Waals surface area contributed by atoms with Crippen LogP contribution in [0.5, 0.6) is 0 Å². The topological polar surface area (TPSA) is 46.1 Å². The van der Waals surface area contributed by atoms with Gasteiger partial charge in [-0.1, -0.05) is 39.3 Å². The number of amides is 1. The summed E-state index contributed by atoms with van der Waals surface area (Å²) < 4.78 is 0. The Balaban J connectivity index is 1.51. The molecule has 0 bridgehead atoms. The molecule has 1 amide bonds. The van der Waals surface area contributed by atoms with Gasteiger partial charge in [0.05, 0.1) is 5.69 Å². The third-order valence-electron chi connectivity index (χ3n) is 6.94. The van der Waals surface area contributed by atoms with Crippen molar-refractivity contribution in [2.75, 3.05) is 13.1 Å². The Morgan fingerprint density at radius 1 is 1.20 bits per heavy atom. The largest absolute Gasteiger partial charge is 0.342 e. The lowest BCUT2D eigenvalue weighted by Gasteiger charge is -2.27. The summed E-state index contributed by atoms with van der Waals surface area (Å²) in [6.45, 7) is 8.68. The van der Waals surface area contributed by atoms with Crippen molar-refractivity contribution in [3.05, 3.63) is 46.9 Å². The molecule has 2 aromatic rings. The van der Waals surface area contributed by atoms with Crippen LogP contribution in [0.3, 0.4) is 0 Å². The zero-order chi connectivity index (χ0) is 21.3. The monoisotopic (exact) mass is 425 g/mol. The van der Waals surface area contributed by atoms with E-state index in [2.05, 4.69) is 53.8 Å². The molecule has 2 aliphatic rings. The maximum atomic E-state index is 13.1. The van der Waals surface area contributed by atoms with Crippen molar-refractivity contribution in [1.29, 1.82) is 0 Å². The number of aromatic nitrogens is 2. The van der Waals surface area contributed by atoms with Crippen molar-refractivity contribution in [2.45, 2.75) is 65.2 Å². The van der Waals surface area contributed by atoms with Crippen molar-refractivity contribution in [3.8, 4) is 11.3 Å². The maximum Gasteiger partial charge on any atom is 0.223 e. The van der Waals surface area contributed by atoms with Crippen LogP contribution in [0.1, 0.15) is 69.9 Å². The Labute approximate surface area is 185 Å². The molecule has 2 atom stereocenters. The highest BCUT2D eigenvalue weighted by atomic mass is 35.5. The summed E-state index contributed by atoms with van der Waals surface area (Å²) in [5.41, 5.74) is 4.88. The summed E-state index contributed by atoms with van der Waals surface area (Å²) in [6.07, 6.45) is 7.94. The molecule has 5 heteroatoms. The van der Waals surface area contributed by atoms with Gasteiger partial charge >= 0.3 is 0 Å². The number of benzene rings is 1. The van der Waals surface area contributed by atoms with Gasteiger partial charge in [-0.25, -0.2) is 9.97 Å². The Bertz CT molecular complexity index is 921. The average molecular weight is 426 g/mol. The molecule has 1 saturated heterocycles. The van der Waals surface area contributed by atoms with Gasteiger partial charge in [-0.3, -0.25) is 4.79 Å². The number of fused-ring (bicyclic) bond motifs is 1. The van der Waals surface area contributed by atoms with Crippen molar-refractivity contribution in [1.82, 2.24) is 14.9 Å². The number of hydrogen-bond donors (Lipinski definition) is 0. The molecule has 2 heterocycles. The number of aryl methyl sites for hydroxylation is 1. The van der Waals surface area contributed by atoms with Crippen molar-refractivity contribution >= 4 is 17.5 Å². The minimum absolute atomic E-state index is 0.268. The van der Waals surface area contributed by atoms with Gasteiger partial charge in [-0.2, -0.15) is 0 Å². The van der Waals surface area contributed by atoms with Crippen molar-refractivity contribution in [3.63, 3.8) is 0 Å². The van der Waals surface area contributed by atoms with E-state index in [1.165, 1.54) is 24.0 Å². The standard InChI is InChI=1S/C25H32ClN3O/c1-25(2,3)20-11-13-29(16-20)23(30)15-18-7-5-4-6-17-14-19(8-9-21(17)18)22-10-12-27-24(26)28-22/h8-10,12,14,18,20H,4-7,11,13,15-16H2,1-3H3. The molecule has 30 heavy (non-hydrogen) atoms. The normalized spacial score (nSPS) is 21.9. The minimum Gasteiger partial charge on any atom is -0.342 e. The Morgan fingerprint density at radius 2 is 2.03 bits per heavy atom. The highest BCUT2D eigenvalue weighted by Gasteiger charge is 2.34. The third-order valence-corrected chi connectivity index (χ3v) is 7.12. The van der Waals surface area contributed by atoms with Crippen LogP contribution in [0, 0.1) is 11.3 Å². The first-order valence-corrected chi connectivity index (χ1v) is 11.6. The van der Waals surface area contributed by atoms with Gasteiger partial charge in [0.2, 0.25) is 11.2 Å². The highest BCUT2D eigenvalue weighted by Crippen LogP contribution is 2.37. The molecule has 2 unspecified atom stereocenters. The molecule has 4 rings (SSSR count). The number of nitrogens with zero attached hydrogens (tertiary/aromatic N) is 3. The molecule has 160 valence electrons.